The second-order valence-electron chi connectivity index (χ2n) is 6.81. The third kappa shape index (κ3) is 5.16. The third-order valence-electron chi connectivity index (χ3n) is 4.66. The second kappa shape index (κ2) is 10.2. The van der Waals surface area contributed by atoms with Gasteiger partial charge in [0.25, 0.3) is 11.7 Å². The van der Waals surface area contributed by atoms with Crippen molar-refractivity contribution in [1.29, 1.82) is 0 Å². The molecule has 0 fully saturated rings. The maximum atomic E-state index is 13.2. The standard InChI is InChI=1S/C25H20FNO2.Co/c1-28-17-21-9-12-24(29-16-19-5-3-2-4-6-19)25-23(21)14-20(15-27-25)13-18-7-10-22(26)11-8-18;/h2-11,14H,13,16-17H2,1H3;. The van der Waals surface area contributed by atoms with E-state index in [0.29, 0.717) is 30.9 Å². The molecule has 0 N–H and O–H groups in total. The summed E-state index contributed by atoms with van der Waals surface area (Å²) in [6.45, 7) is 0.892. The summed E-state index contributed by atoms with van der Waals surface area (Å²) >= 11 is 0. The Bertz CT molecular complexity index is 1100. The first-order chi connectivity index (χ1) is 14.2. The summed E-state index contributed by atoms with van der Waals surface area (Å²) in [4.78, 5) is 4.54. The van der Waals surface area contributed by atoms with Gasteiger partial charge in [-0.25, -0.2) is 4.39 Å². The maximum absolute atomic E-state index is 13.2. The largest absolute Gasteiger partial charge is 0.507 e. The van der Waals surface area contributed by atoms with Crippen molar-refractivity contribution in [3.05, 3.63) is 107 Å². The molecule has 4 aromatic rings. The zero-order valence-corrected chi connectivity index (χ0v) is 17.5. The Morgan fingerprint density at radius 1 is 1.00 bits per heavy atom. The van der Waals surface area contributed by atoms with E-state index >= 15 is 0 Å². The van der Waals surface area contributed by atoms with Gasteiger partial charge in [0.1, 0.15) is 12.4 Å². The van der Waals surface area contributed by atoms with Gasteiger partial charge in [0.2, 0.25) is 0 Å². The van der Waals surface area contributed by atoms with Gasteiger partial charge >= 0.3 is 0 Å². The first kappa shape index (κ1) is 21.8. The summed E-state index contributed by atoms with van der Waals surface area (Å²) in [6, 6.07) is 23.6. The van der Waals surface area contributed by atoms with Crippen molar-refractivity contribution in [3.8, 4) is 5.75 Å². The van der Waals surface area contributed by atoms with E-state index in [0.717, 1.165) is 27.6 Å². The number of methoxy groups -OCH3 is 1. The Balaban J connectivity index is 0.00000256. The zero-order valence-electron chi connectivity index (χ0n) is 16.4. The molecule has 0 aliphatic rings. The Morgan fingerprint density at radius 3 is 2.50 bits per heavy atom. The molecule has 1 heterocycles. The van der Waals surface area contributed by atoms with E-state index in [4.69, 9.17) is 9.47 Å². The average Bonchev–Trinajstić information content (AvgIpc) is 2.76. The molecule has 30 heavy (non-hydrogen) atoms. The summed E-state index contributed by atoms with van der Waals surface area (Å²) in [5.41, 5.74) is 4.68. The van der Waals surface area contributed by atoms with Crippen LogP contribution in [0.3, 0.4) is 0 Å². The van der Waals surface area contributed by atoms with E-state index in [1.807, 2.05) is 42.5 Å². The Kier molecular flexibility index (Phi) is 7.42. The SMILES string of the molecule is COCc1c[c-]c(OCc2ccccc2)c2[n+]#cc(Cc3ccc(F)cc3)cc12.[Co]. The molecule has 5 heteroatoms. The molecule has 153 valence electrons. The Labute approximate surface area is 186 Å². The van der Waals surface area contributed by atoms with Crippen LogP contribution in [0.15, 0.2) is 66.7 Å². The number of aromatic nitrogens is 1. The molecule has 0 saturated heterocycles. The van der Waals surface area contributed by atoms with Gasteiger partial charge in [0, 0.05) is 36.9 Å². The minimum Gasteiger partial charge on any atom is -0.507 e. The van der Waals surface area contributed by atoms with Gasteiger partial charge in [0.05, 0.1) is 11.3 Å². The smallest absolute Gasteiger partial charge is 0.299 e. The molecular weight excluding hydrogens is 424 g/mol. The van der Waals surface area contributed by atoms with E-state index in [2.05, 4.69) is 17.2 Å². The fraction of sp³-hybridized carbons (Fsp3) is 0.160. The number of ether oxygens (including phenoxy) is 2. The van der Waals surface area contributed by atoms with Crippen LogP contribution in [-0.2, 0) is 41.2 Å². The molecule has 0 spiro atoms. The van der Waals surface area contributed by atoms with Gasteiger partial charge < -0.3 is 9.47 Å². The van der Waals surface area contributed by atoms with Crippen LogP contribution in [0.2, 0.25) is 0 Å². The number of hydrogen-bond acceptors (Lipinski definition) is 2. The summed E-state index contributed by atoms with van der Waals surface area (Å²) in [5.74, 6) is 0.348. The molecule has 3 nitrogen and oxygen atoms in total. The first-order valence-corrected chi connectivity index (χ1v) is 9.38. The molecular formula is C25H20CoFNO2. The van der Waals surface area contributed by atoms with Gasteiger partial charge in [-0.1, -0.05) is 53.5 Å². The predicted molar refractivity (Wildman–Crippen MR) is 108 cm³/mol. The van der Waals surface area contributed by atoms with Crippen LogP contribution in [0, 0.1) is 18.1 Å². The van der Waals surface area contributed by atoms with Crippen molar-refractivity contribution in [2.24, 2.45) is 0 Å². The van der Waals surface area contributed by atoms with Gasteiger partial charge in [-0.15, -0.1) is 11.6 Å². The maximum Gasteiger partial charge on any atom is 0.299 e. The normalized spacial score (nSPS) is 10.3. The number of fused-ring (bicyclic) bond motifs is 1. The molecule has 1 aromatic heterocycles. The molecule has 0 amide bonds. The topological polar surface area (TPSA) is 32.6 Å². The van der Waals surface area contributed by atoms with Crippen LogP contribution in [0.4, 0.5) is 4.39 Å². The van der Waals surface area contributed by atoms with Crippen molar-refractivity contribution in [3.63, 3.8) is 0 Å². The molecule has 0 atom stereocenters. The number of rotatable bonds is 7. The van der Waals surface area contributed by atoms with Crippen LogP contribution < -0.4 is 9.72 Å². The third-order valence-corrected chi connectivity index (χ3v) is 4.66. The Morgan fingerprint density at radius 2 is 1.77 bits per heavy atom. The van der Waals surface area contributed by atoms with Crippen LogP contribution in [0.1, 0.15) is 22.3 Å². The van der Waals surface area contributed by atoms with E-state index in [1.54, 1.807) is 19.2 Å². The van der Waals surface area contributed by atoms with Crippen molar-refractivity contribution in [2.45, 2.75) is 19.6 Å². The molecule has 0 unspecified atom stereocenters. The Hall–Kier alpha value is -2.91. The zero-order chi connectivity index (χ0) is 20.1. The summed E-state index contributed by atoms with van der Waals surface area (Å²) in [7, 11) is 1.66. The second-order valence-corrected chi connectivity index (χ2v) is 6.81. The molecule has 0 aliphatic carbocycles. The van der Waals surface area contributed by atoms with Gasteiger partial charge in [-0.2, -0.15) is 6.07 Å². The van der Waals surface area contributed by atoms with Gasteiger partial charge in [-0.05, 0) is 28.6 Å². The molecule has 0 bridgehead atoms. The van der Waals surface area contributed by atoms with E-state index < -0.39 is 0 Å². The predicted octanol–water partition coefficient (Wildman–Crippen LogP) is 4.49. The quantitative estimate of drug-likeness (QED) is 0.394. The number of nitrogens with zero attached hydrogens (tertiary/aromatic N) is 1. The van der Waals surface area contributed by atoms with Gasteiger partial charge in [0.15, 0.2) is 0 Å². The number of halogens is 1. The summed E-state index contributed by atoms with van der Waals surface area (Å²) in [6.07, 6.45) is 3.72. The van der Waals surface area contributed by atoms with Gasteiger partial charge in [-0.3, -0.25) is 0 Å². The van der Waals surface area contributed by atoms with Crippen LogP contribution in [0.5, 0.6) is 5.75 Å². The van der Waals surface area contributed by atoms with Crippen LogP contribution in [-0.4, -0.2) is 7.11 Å². The fourth-order valence-electron chi connectivity index (χ4n) is 3.21. The number of hydrogen-bond donors (Lipinski definition) is 0. The van der Waals surface area contributed by atoms with Crippen LogP contribution >= 0.6 is 0 Å². The molecule has 1 radical (unpaired) electrons. The molecule has 0 saturated carbocycles. The van der Waals surface area contributed by atoms with E-state index in [1.165, 1.54) is 12.1 Å². The van der Waals surface area contributed by atoms with E-state index in [9.17, 15) is 4.39 Å². The minimum absolute atomic E-state index is 0. The summed E-state index contributed by atoms with van der Waals surface area (Å²) in [5, 5.41) is 0.949. The molecule has 4 rings (SSSR count). The van der Waals surface area contributed by atoms with E-state index in [-0.39, 0.29) is 22.6 Å². The van der Waals surface area contributed by atoms with Crippen LogP contribution in [0.25, 0.3) is 10.9 Å². The van der Waals surface area contributed by atoms with Crippen molar-refractivity contribution in [2.75, 3.05) is 7.11 Å². The fourth-order valence-corrected chi connectivity index (χ4v) is 3.21. The van der Waals surface area contributed by atoms with Crippen molar-refractivity contribution >= 4 is 10.9 Å². The molecule has 0 aliphatic heterocycles. The van der Waals surface area contributed by atoms with Crippen molar-refractivity contribution in [1.82, 2.24) is 0 Å². The summed E-state index contributed by atoms with van der Waals surface area (Å²) < 4.78 is 24.5. The average molecular weight is 444 g/mol. The van der Waals surface area contributed by atoms with Crippen molar-refractivity contribution < 1.29 is 35.6 Å². The molecule has 3 aromatic carbocycles. The number of benzene rings is 3. The first-order valence-electron chi connectivity index (χ1n) is 9.38. The minimum atomic E-state index is -0.243. The monoisotopic (exact) mass is 444 g/mol.